The van der Waals surface area contributed by atoms with Gasteiger partial charge in [-0.05, 0) is 26.0 Å². The summed E-state index contributed by atoms with van der Waals surface area (Å²) in [6, 6.07) is 2.17. The maximum absolute atomic E-state index is 13.6. The van der Waals surface area contributed by atoms with Crippen LogP contribution in [-0.2, 0) is 4.74 Å². The quantitative estimate of drug-likeness (QED) is 0.857. The van der Waals surface area contributed by atoms with Crippen molar-refractivity contribution in [3.8, 4) is 17.0 Å². The molecule has 21 heavy (non-hydrogen) atoms. The molecule has 2 rings (SSSR count). The third-order valence-electron chi connectivity index (χ3n) is 2.58. The molecule has 1 aromatic carbocycles. The van der Waals surface area contributed by atoms with Crippen LogP contribution in [0.3, 0.4) is 0 Å². The Hall–Kier alpha value is -2.51. The molecule has 0 amide bonds. The zero-order valence-electron chi connectivity index (χ0n) is 11.4. The highest BCUT2D eigenvalue weighted by Crippen LogP contribution is 2.29. The molecule has 112 valence electrons. The van der Waals surface area contributed by atoms with Gasteiger partial charge in [0.25, 0.3) is 0 Å². The van der Waals surface area contributed by atoms with Crippen molar-refractivity contribution in [1.29, 1.82) is 0 Å². The lowest BCUT2D eigenvalue weighted by Gasteiger charge is -2.08. The van der Waals surface area contributed by atoms with Crippen molar-refractivity contribution in [2.24, 2.45) is 0 Å². The van der Waals surface area contributed by atoms with Gasteiger partial charge in [0.05, 0.1) is 13.2 Å². The van der Waals surface area contributed by atoms with E-state index in [4.69, 9.17) is 9.47 Å². The second-order valence-electron chi connectivity index (χ2n) is 3.94. The molecule has 0 saturated carbocycles. The fourth-order valence-electron chi connectivity index (χ4n) is 1.74. The third kappa shape index (κ3) is 2.99. The normalized spacial score (nSPS) is 10.5. The number of carbonyl (C=O) groups excluding carboxylic acids is 1. The van der Waals surface area contributed by atoms with Crippen molar-refractivity contribution in [3.05, 3.63) is 29.5 Å². The van der Waals surface area contributed by atoms with Gasteiger partial charge in [0.2, 0.25) is 5.82 Å². The van der Waals surface area contributed by atoms with Crippen LogP contribution in [0.15, 0.2) is 12.1 Å². The van der Waals surface area contributed by atoms with Gasteiger partial charge in [0.15, 0.2) is 17.3 Å². The lowest BCUT2D eigenvalue weighted by Crippen LogP contribution is -2.07. The number of halogens is 2. The van der Waals surface area contributed by atoms with Gasteiger partial charge in [0.1, 0.15) is 5.69 Å². The topological polar surface area (TPSA) is 77.1 Å². The van der Waals surface area contributed by atoms with E-state index >= 15 is 0 Å². The van der Waals surface area contributed by atoms with Gasteiger partial charge in [0, 0.05) is 5.56 Å². The Kier molecular flexibility index (Phi) is 4.46. The van der Waals surface area contributed by atoms with Crippen LogP contribution in [0.25, 0.3) is 11.3 Å². The minimum atomic E-state index is -1.10. The Bertz CT molecular complexity index is 658. The summed E-state index contributed by atoms with van der Waals surface area (Å²) in [5, 5.41) is 9.72. The predicted octanol–water partition coefficient (Wildman–Crippen LogP) is 2.33. The van der Waals surface area contributed by atoms with Crippen molar-refractivity contribution in [2.75, 3.05) is 13.2 Å². The number of rotatable bonds is 5. The van der Waals surface area contributed by atoms with Crippen molar-refractivity contribution in [1.82, 2.24) is 15.4 Å². The Morgan fingerprint density at radius 3 is 2.67 bits per heavy atom. The van der Waals surface area contributed by atoms with Crippen LogP contribution in [-0.4, -0.2) is 34.6 Å². The molecule has 6 nitrogen and oxygen atoms in total. The van der Waals surface area contributed by atoms with E-state index in [0.717, 1.165) is 6.07 Å². The molecular formula is C13H13F2N3O3. The van der Waals surface area contributed by atoms with Gasteiger partial charge in [-0.1, -0.05) is 0 Å². The molecule has 8 heteroatoms. The molecular weight excluding hydrogens is 284 g/mol. The summed E-state index contributed by atoms with van der Waals surface area (Å²) in [6.07, 6.45) is 0. The van der Waals surface area contributed by atoms with Gasteiger partial charge in [-0.3, -0.25) is 0 Å². The van der Waals surface area contributed by atoms with Crippen molar-refractivity contribution in [2.45, 2.75) is 13.8 Å². The summed E-state index contributed by atoms with van der Waals surface area (Å²) in [5.74, 6) is -3.16. The number of carbonyl (C=O) groups is 1. The first-order valence-corrected chi connectivity index (χ1v) is 6.28. The minimum Gasteiger partial charge on any atom is -0.491 e. The van der Waals surface area contributed by atoms with Crippen LogP contribution in [0.4, 0.5) is 8.78 Å². The van der Waals surface area contributed by atoms with Gasteiger partial charge in [-0.15, -0.1) is 5.10 Å². The van der Waals surface area contributed by atoms with Crippen LogP contribution < -0.4 is 4.74 Å². The van der Waals surface area contributed by atoms with Crippen LogP contribution in [0.1, 0.15) is 24.3 Å². The summed E-state index contributed by atoms with van der Waals surface area (Å²) >= 11 is 0. The van der Waals surface area contributed by atoms with Gasteiger partial charge in [-0.2, -0.15) is 14.7 Å². The number of hydrogen-bond acceptors (Lipinski definition) is 5. The zero-order chi connectivity index (χ0) is 15.4. The van der Waals surface area contributed by atoms with E-state index in [9.17, 15) is 13.6 Å². The summed E-state index contributed by atoms with van der Waals surface area (Å²) < 4.78 is 37.0. The maximum Gasteiger partial charge on any atom is 0.361 e. The van der Waals surface area contributed by atoms with E-state index in [1.54, 1.807) is 13.8 Å². The fraction of sp³-hybridized carbons (Fsp3) is 0.308. The second-order valence-corrected chi connectivity index (χ2v) is 3.94. The van der Waals surface area contributed by atoms with Gasteiger partial charge in [-0.25, -0.2) is 9.18 Å². The van der Waals surface area contributed by atoms with Crippen LogP contribution in [0, 0.1) is 11.6 Å². The molecule has 0 fully saturated rings. The molecule has 0 spiro atoms. The molecule has 0 bridgehead atoms. The SMILES string of the molecule is CCOC(=O)c1n[nH]nc1-c1cc(F)c(F)c(OCC)c1. The van der Waals surface area contributed by atoms with Crippen LogP contribution in [0.5, 0.6) is 5.75 Å². The molecule has 0 radical (unpaired) electrons. The molecule has 1 heterocycles. The number of nitrogens with zero attached hydrogens (tertiary/aromatic N) is 2. The first-order chi connectivity index (χ1) is 10.1. The lowest BCUT2D eigenvalue weighted by molar-refractivity contribution is 0.0520. The maximum atomic E-state index is 13.6. The number of esters is 1. The minimum absolute atomic E-state index is 0.0632. The smallest absolute Gasteiger partial charge is 0.361 e. The highest BCUT2D eigenvalue weighted by molar-refractivity contribution is 5.94. The van der Waals surface area contributed by atoms with Crippen molar-refractivity contribution < 1.29 is 23.0 Å². The largest absolute Gasteiger partial charge is 0.491 e. The van der Waals surface area contributed by atoms with Gasteiger partial charge < -0.3 is 9.47 Å². The summed E-state index contributed by atoms with van der Waals surface area (Å²) in [5.41, 5.74) is 0.118. The van der Waals surface area contributed by atoms with Crippen molar-refractivity contribution in [3.63, 3.8) is 0 Å². The average Bonchev–Trinajstić information content (AvgIpc) is 2.93. The van der Waals surface area contributed by atoms with Crippen LogP contribution in [0.2, 0.25) is 0 Å². The van der Waals surface area contributed by atoms with E-state index in [2.05, 4.69) is 15.4 Å². The molecule has 0 aliphatic rings. The lowest BCUT2D eigenvalue weighted by atomic mass is 10.1. The van der Waals surface area contributed by atoms with E-state index in [-0.39, 0.29) is 35.9 Å². The zero-order valence-corrected chi connectivity index (χ0v) is 11.4. The molecule has 2 aromatic rings. The Labute approximate surface area is 119 Å². The van der Waals surface area contributed by atoms with E-state index < -0.39 is 17.6 Å². The van der Waals surface area contributed by atoms with E-state index in [1.807, 2.05) is 0 Å². The third-order valence-corrected chi connectivity index (χ3v) is 2.58. The first-order valence-electron chi connectivity index (χ1n) is 6.28. The highest BCUT2D eigenvalue weighted by atomic mass is 19.2. The summed E-state index contributed by atoms with van der Waals surface area (Å²) in [4.78, 5) is 11.7. The molecule has 1 N–H and O–H groups in total. The second kappa shape index (κ2) is 6.29. The Morgan fingerprint density at radius 1 is 1.24 bits per heavy atom. The Morgan fingerprint density at radius 2 is 2.00 bits per heavy atom. The molecule has 0 aliphatic heterocycles. The molecule has 0 saturated heterocycles. The number of hydrogen-bond donors (Lipinski definition) is 1. The molecule has 1 aromatic heterocycles. The average molecular weight is 297 g/mol. The fourth-order valence-corrected chi connectivity index (χ4v) is 1.74. The molecule has 0 unspecified atom stereocenters. The summed E-state index contributed by atoms with van der Waals surface area (Å²) in [6.45, 7) is 3.61. The van der Waals surface area contributed by atoms with Crippen LogP contribution >= 0.6 is 0 Å². The van der Waals surface area contributed by atoms with E-state index in [0.29, 0.717) is 0 Å². The summed E-state index contributed by atoms with van der Waals surface area (Å²) in [7, 11) is 0. The molecule has 0 aliphatic carbocycles. The predicted molar refractivity (Wildman–Crippen MR) is 68.9 cm³/mol. The standard InChI is InChI=1S/C13H13F2N3O3/c1-3-20-9-6-7(5-8(14)10(9)15)11-12(17-18-16-11)13(19)21-4-2/h5-6H,3-4H2,1-2H3,(H,16,17,18). The molecule has 0 atom stereocenters. The number of aromatic amines is 1. The van der Waals surface area contributed by atoms with E-state index in [1.165, 1.54) is 6.07 Å². The monoisotopic (exact) mass is 297 g/mol. The first kappa shape index (κ1) is 14.9. The number of nitrogens with one attached hydrogen (secondary N) is 1. The number of ether oxygens (including phenoxy) is 2. The Balaban J connectivity index is 2.48. The van der Waals surface area contributed by atoms with Crippen molar-refractivity contribution >= 4 is 5.97 Å². The number of H-pyrrole nitrogens is 1. The van der Waals surface area contributed by atoms with Gasteiger partial charge >= 0.3 is 5.97 Å². The highest BCUT2D eigenvalue weighted by Gasteiger charge is 2.22. The number of aromatic nitrogens is 3. The number of benzene rings is 1.